The summed E-state index contributed by atoms with van der Waals surface area (Å²) in [7, 11) is 0. The van der Waals surface area contributed by atoms with Crippen LogP contribution in [0.5, 0.6) is 0 Å². The van der Waals surface area contributed by atoms with E-state index >= 15 is 0 Å². The van der Waals surface area contributed by atoms with Gasteiger partial charge >= 0.3 is 0 Å². The molecule has 0 aromatic rings. The zero-order valence-corrected chi connectivity index (χ0v) is 6.75. The molecule has 0 amide bonds. The fourth-order valence-corrected chi connectivity index (χ4v) is 1.46. The van der Waals surface area contributed by atoms with Crippen molar-refractivity contribution in [2.45, 2.75) is 25.3 Å². The molecule has 1 aliphatic rings. The van der Waals surface area contributed by atoms with Crippen LogP contribution < -0.4 is 5.32 Å². The maximum Gasteiger partial charge on any atom is 0.121 e. The molecule has 1 fully saturated rings. The van der Waals surface area contributed by atoms with Crippen molar-refractivity contribution in [2.75, 3.05) is 6.54 Å². The van der Waals surface area contributed by atoms with Gasteiger partial charge in [0.25, 0.3) is 0 Å². The summed E-state index contributed by atoms with van der Waals surface area (Å²) in [5.41, 5.74) is 0. The minimum Gasteiger partial charge on any atom is -0.313 e. The zero-order valence-electron chi connectivity index (χ0n) is 6.75. The maximum absolute atomic E-state index is 10.2. The van der Waals surface area contributed by atoms with Gasteiger partial charge in [-0.15, -0.1) is 6.58 Å². The van der Waals surface area contributed by atoms with Gasteiger partial charge in [-0.05, 0) is 18.8 Å². The lowest BCUT2D eigenvalue weighted by Crippen LogP contribution is -2.38. The van der Waals surface area contributed by atoms with Crippen LogP contribution in [0.3, 0.4) is 0 Å². The third-order valence-corrected chi connectivity index (χ3v) is 2.27. The van der Waals surface area contributed by atoms with Crippen molar-refractivity contribution < 1.29 is 4.79 Å². The van der Waals surface area contributed by atoms with E-state index in [9.17, 15) is 4.79 Å². The lowest BCUT2D eigenvalue weighted by atomic mass is 9.94. The van der Waals surface area contributed by atoms with Crippen LogP contribution in [0.2, 0.25) is 0 Å². The molecule has 62 valence electrons. The molecular weight excluding hydrogens is 138 g/mol. The average Bonchev–Trinajstić information content (AvgIpc) is 2.07. The Hall–Kier alpha value is -0.630. The van der Waals surface area contributed by atoms with Crippen molar-refractivity contribution >= 4 is 6.29 Å². The molecule has 0 aromatic heterocycles. The molecule has 0 bridgehead atoms. The number of hydrogen-bond acceptors (Lipinski definition) is 2. The third kappa shape index (κ3) is 2.46. The van der Waals surface area contributed by atoms with Crippen molar-refractivity contribution in [1.82, 2.24) is 5.32 Å². The summed E-state index contributed by atoms with van der Waals surface area (Å²) in [6.07, 6.45) is 5.92. The van der Waals surface area contributed by atoms with E-state index in [2.05, 4.69) is 11.9 Å². The molecular formula is C9H15NO. The van der Waals surface area contributed by atoms with Crippen LogP contribution in [0, 0.1) is 5.92 Å². The first kappa shape index (κ1) is 8.47. The molecule has 1 N–H and O–H groups in total. The Morgan fingerprint density at radius 3 is 2.82 bits per heavy atom. The molecule has 0 aromatic carbocycles. The molecule has 0 aliphatic carbocycles. The van der Waals surface area contributed by atoms with Gasteiger partial charge < -0.3 is 10.1 Å². The molecule has 0 spiro atoms. The topological polar surface area (TPSA) is 29.1 Å². The second kappa shape index (κ2) is 4.29. The van der Waals surface area contributed by atoms with Crippen LogP contribution in [0.25, 0.3) is 0 Å². The summed E-state index contributed by atoms with van der Waals surface area (Å²) in [6, 6.07) is 0.420. The third-order valence-electron chi connectivity index (χ3n) is 2.27. The van der Waals surface area contributed by atoms with Gasteiger partial charge in [-0.1, -0.05) is 6.08 Å². The molecule has 2 nitrogen and oxygen atoms in total. The second-order valence-electron chi connectivity index (χ2n) is 3.08. The van der Waals surface area contributed by atoms with Gasteiger partial charge in [0.1, 0.15) is 6.29 Å². The van der Waals surface area contributed by atoms with E-state index in [0.717, 1.165) is 19.3 Å². The summed E-state index contributed by atoms with van der Waals surface area (Å²) in [5, 5.41) is 3.32. The Morgan fingerprint density at radius 1 is 1.55 bits per heavy atom. The monoisotopic (exact) mass is 153 g/mol. The number of hydrogen-bond donors (Lipinski definition) is 1. The molecule has 11 heavy (non-hydrogen) atoms. The minimum atomic E-state index is 0.420. The van der Waals surface area contributed by atoms with Crippen LogP contribution in [-0.2, 0) is 4.79 Å². The SMILES string of the molecule is C=CC1CCC(CC=O)NC1. The second-order valence-corrected chi connectivity index (χ2v) is 3.08. The van der Waals surface area contributed by atoms with Crippen LogP contribution in [0.4, 0.5) is 0 Å². The van der Waals surface area contributed by atoms with Crippen LogP contribution in [0.1, 0.15) is 19.3 Å². The molecule has 1 aliphatic heterocycles. The highest BCUT2D eigenvalue weighted by Crippen LogP contribution is 2.15. The highest BCUT2D eigenvalue weighted by molar-refractivity contribution is 5.50. The van der Waals surface area contributed by atoms with Crippen molar-refractivity contribution in [2.24, 2.45) is 5.92 Å². The first-order chi connectivity index (χ1) is 5.36. The van der Waals surface area contributed by atoms with Gasteiger partial charge in [-0.2, -0.15) is 0 Å². The van der Waals surface area contributed by atoms with Crippen molar-refractivity contribution in [3.05, 3.63) is 12.7 Å². The highest BCUT2D eigenvalue weighted by Gasteiger charge is 2.17. The Morgan fingerprint density at radius 2 is 2.36 bits per heavy atom. The molecule has 1 saturated heterocycles. The minimum absolute atomic E-state index is 0.420. The Bertz CT molecular complexity index is 136. The lowest BCUT2D eigenvalue weighted by molar-refractivity contribution is -0.108. The van der Waals surface area contributed by atoms with Crippen LogP contribution >= 0.6 is 0 Å². The van der Waals surface area contributed by atoms with Crippen LogP contribution in [-0.4, -0.2) is 18.9 Å². The maximum atomic E-state index is 10.2. The van der Waals surface area contributed by atoms with Gasteiger partial charge in [-0.25, -0.2) is 0 Å². The van der Waals surface area contributed by atoms with Crippen molar-refractivity contribution in [3.8, 4) is 0 Å². The first-order valence-electron chi connectivity index (χ1n) is 4.16. The largest absolute Gasteiger partial charge is 0.313 e. The summed E-state index contributed by atoms with van der Waals surface area (Å²) in [6.45, 7) is 4.73. The smallest absolute Gasteiger partial charge is 0.121 e. The Labute approximate surface area is 67.7 Å². The number of carbonyl (C=O) groups excluding carboxylic acids is 1. The van der Waals surface area contributed by atoms with Gasteiger partial charge in [0.05, 0.1) is 0 Å². The number of nitrogens with one attached hydrogen (secondary N) is 1. The van der Waals surface area contributed by atoms with E-state index in [4.69, 9.17) is 0 Å². The summed E-state index contributed by atoms with van der Waals surface area (Å²) in [5.74, 6) is 0.609. The van der Waals surface area contributed by atoms with Crippen molar-refractivity contribution in [1.29, 1.82) is 0 Å². The van der Waals surface area contributed by atoms with Gasteiger partial charge in [0, 0.05) is 19.0 Å². The number of carbonyl (C=O) groups is 1. The normalized spacial score (nSPS) is 31.3. The molecule has 2 heteroatoms. The fourth-order valence-electron chi connectivity index (χ4n) is 1.46. The van der Waals surface area contributed by atoms with E-state index in [1.807, 2.05) is 6.08 Å². The molecule has 2 unspecified atom stereocenters. The Kier molecular flexibility index (Phi) is 3.30. The first-order valence-corrected chi connectivity index (χ1v) is 4.16. The molecule has 0 saturated carbocycles. The number of piperidine rings is 1. The Balaban J connectivity index is 2.23. The van der Waals surface area contributed by atoms with E-state index < -0.39 is 0 Å². The zero-order chi connectivity index (χ0) is 8.10. The quantitative estimate of drug-likeness (QED) is 0.486. The van der Waals surface area contributed by atoms with Gasteiger partial charge in [-0.3, -0.25) is 0 Å². The van der Waals surface area contributed by atoms with Crippen molar-refractivity contribution in [3.63, 3.8) is 0 Å². The van der Waals surface area contributed by atoms with Gasteiger partial charge in [0.15, 0.2) is 0 Å². The standard InChI is InChI=1S/C9H15NO/c1-2-8-3-4-9(5-6-11)10-7-8/h2,6,8-10H,1,3-5,7H2. The van der Waals surface area contributed by atoms with Gasteiger partial charge in [0.2, 0.25) is 0 Å². The highest BCUT2D eigenvalue weighted by atomic mass is 16.1. The fraction of sp³-hybridized carbons (Fsp3) is 0.667. The molecule has 1 rings (SSSR count). The predicted octanol–water partition coefficient (Wildman–Crippen LogP) is 1.13. The van der Waals surface area contributed by atoms with Crippen LogP contribution in [0.15, 0.2) is 12.7 Å². The van der Waals surface area contributed by atoms with E-state index in [0.29, 0.717) is 18.4 Å². The van der Waals surface area contributed by atoms with E-state index in [-0.39, 0.29) is 0 Å². The van der Waals surface area contributed by atoms with E-state index in [1.54, 1.807) is 0 Å². The molecule has 1 heterocycles. The average molecular weight is 153 g/mol. The van der Waals surface area contributed by atoms with E-state index in [1.165, 1.54) is 6.42 Å². The molecule has 2 atom stereocenters. The number of aldehydes is 1. The lowest BCUT2D eigenvalue weighted by Gasteiger charge is -2.26. The molecule has 0 radical (unpaired) electrons. The predicted molar refractivity (Wildman–Crippen MR) is 45.4 cm³/mol. The summed E-state index contributed by atoms with van der Waals surface area (Å²) >= 11 is 0. The summed E-state index contributed by atoms with van der Waals surface area (Å²) < 4.78 is 0. The summed E-state index contributed by atoms with van der Waals surface area (Å²) in [4.78, 5) is 10.2. The number of rotatable bonds is 3.